The maximum absolute atomic E-state index is 9.32. The van der Waals surface area contributed by atoms with Crippen LogP contribution in [0.4, 0.5) is 0 Å². The van der Waals surface area contributed by atoms with Crippen molar-refractivity contribution >= 4 is 47.7 Å². The first-order chi connectivity index (χ1) is 5.71. The Bertz CT molecular complexity index is 232. The zero-order chi connectivity index (χ0) is 12.2. The molecule has 0 amide bonds. The fourth-order valence-corrected chi connectivity index (χ4v) is 1.10. The second-order valence-corrected chi connectivity index (χ2v) is 4.99. The average molecular weight is 406 g/mol. The molecule has 0 aliphatic carbocycles. The van der Waals surface area contributed by atoms with Gasteiger partial charge in [-0.25, -0.2) is 0 Å². The molecule has 0 atom stereocenters. The third kappa shape index (κ3) is 87.9. The predicted octanol–water partition coefficient (Wildman–Crippen LogP) is -23.2. The zero-order valence-corrected chi connectivity index (χ0v) is 25.8. The topological polar surface area (TPSA) is 225 Å². The first-order valence-corrected chi connectivity index (χ1v) is 6.89. The molecule has 20 heteroatoms. The van der Waals surface area contributed by atoms with Crippen molar-refractivity contribution in [1.82, 2.24) is 0 Å². The van der Waals surface area contributed by atoms with Crippen LogP contribution in [0.15, 0.2) is 0 Å². The number of hydrogen-bond acceptors (Lipinski definition) is 11. The summed E-state index contributed by atoms with van der Waals surface area (Å²) in [5.41, 5.74) is 0. The summed E-state index contributed by atoms with van der Waals surface area (Å²) in [5.74, 6) is 0. The maximum atomic E-state index is 9.32. The van der Waals surface area contributed by atoms with Gasteiger partial charge < -0.3 is 52.2 Å². The molecule has 0 heterocycles. The molecule has 0 saturated carbocycles. The largest absolute Gasteiger partial charge is 2.00 e. The SMILES string of the molecule is O=P([O-])([O-])OP(=O)([O-])[O-].[Mg+2].[Na+].[Na+].[Na+].[Na+].[Na+].[O-][Si]([O-])([O-])O. The molecular formula is HMgNa5O11P2Si. The summed E-state index contributed by atoms with van der Waals surface area (Å²) >= 11 is 0. The minimum absolute atomic E-state index is 0. The Hall–Kier alpha value is 6.08. The summed E-state index contributed by atoms with van der Waals surface area (Å²) in [6.45, 7) is 0. The van der Waals surface area contributed by atoms with Gasteiger partial charge in [-0.05, 0) is 0 Å². The van der Waals surface area contributed by atoms with E-state index in [4.69, 9.17) is 19.2 Å². The van der Waals surface area contributed by atoms with Crippen LogP contribution < -0.4 is 182 Å². The van der Waals surface area contributed by atoms with Crippen molar-refractivity contribution in [1.29, 1.82) is 0 Å². The van der Waals surface area contributed by atoms with Gasteiger partial charge in [-0.2, -0.15) is 0 Å². The Balaban J connectivity index is -0.0000000199. The second-order valence-electron chi connectivity index (χ2n) is 1.50. The van der Waals surface area contributed by atoms with Gasteiger partial charge in [0.2, 0.25) is 0 Å². The van der Waals surface area contributed by atoms with Crippen molar-refractivity contribution in [3.63, 3.8) is 0 Å². The number of phosphoric acid groups is 2. The van der Waals surface area contributed by atoms with Crippen LogP contribution in [0.25, 0.3) is 0 Å². The second kappa shape index (κ2) is 23.1. The smallest absolute Gasteiger partial charge is 0.861 e. The van der Waals surface area contributed by atoms with Crippen LogP contribution in [0.2, 0.25) is 0 Å². The van der Waals surface area contributed by atoms with Crippen LogP contribution >= 0.6 is 15.6 Å². The van der Waals surface area contributed by atoms with Gasteiger partial charge in [-0.3, -0.25) is 0 Å². The van der Waals surface area contributed by atoms with E-state index in [1.165, 1.54) is 0 Å². The summed E-state index contributed by atoms with van der Waals surface area (Å²) in [5, 5.41) is 0. The van der Waals surface area contributed by atoms with Crippen LogP contribution in [0.5, 0.6) is 0 Å². The van der Waals surface area contributed by atoms with E-state index in [1.54, 1.807) is 0 Å². The minimum Gasteiger partial charge on any atom is -0.861 e. The third-order valence-electron chi connectivity index (χ3n) is 0.200. The van der Waals surface area contributed by atoms with Crippen LogP contribution in [0, 0.1) is 0 Å². The fraction of sp³-hybridized carbons (Fsp3) is 0. The van der Waals surface area contributed by atoms with Gasteiger partial charge in [0.1, 0.15) is 0 Å². The monoisotopic (exact) mass is 406 g/mol. The molecule has 0 fully saturated rings. The quantitative estimate of drug-likeness (QED) is 0.334. The molecule has 0 aromatic rings. The van der Waals surface area contributed by atoms with Gasteiger partial charge in [-0.15, -0.1) is 9.05 Å². The molecular weight excluding hydrogens is 405 g/mol. The zero-order valence-electron chi connectivity index (χ0n) is 11.6. The normalized spacial score (nSPS) is 9.20. The van der Waals surface area contributed by atoms with Gasteiger partial charge in [0.05, 0.1) is 15.6 Å². The Morgan fingerprint density at radius 3 is 0.850 bits per heavy atom. The Morgan fingerprint density at radius 1 is 0.750 bits per heavy atom. The molecule has 0 spiro atoms. The van der Waals surface area contributed by atoms with E-state index >= 15 is 0 Å². The predicted molar refractivity (Wildman–Crippen MR) is 30.0 cm³/mol. The molecule has 0 aliphatic rings. The van der Waals surface area contributed by atoms with E-state index in [2.05, 4.69) is 4.31 Å². The summed E-state index contributed by atoms with van der Waals surface area (Å²) < 4.78 is 21.2. The van der Waals surface area contributed by atoms with Gasteiger partial charge >= 0.3 is 171 Å². The summed E-state index contributed by atoms with van der Waals surface area (Å²) in [7, 11) is -16.7. The van der Waals surface area contributed by atoms with E-state index in [1.807, 2.05) is 0 Å². The van der Waals surface area contributed by atoms with Crippen LogP contribution in [0.1, 0.15) is 0 Å². The molecule has 0 rings (SSSR count). The Morgan fingerprint density at radius 2 is 0.850 bits per heavy atom. The first-order valence-electron chi connectivity index (χ1n) is 2.30. The maximum Gasteiger partial charge on any atom is 2.00 e. The van der Waals surface area contributed by atoms with Gasteiger partial charge in [0.15, 0.2) is 0 Å². The molecule has 0 aliphatic heterocycles. The summed E-state index contributed by atoms with van der Waals surface area (Å²) in [4.78, 5) is 70.4. The number of rotatable bonds is 2. The van der Waals surface area contributed by atoms with Crippen molar-refractivity contribution in [3.8, 4) is 0 Å². The molecule has 0 bridgehead atoms. The molecule has 0 aromatic carbocycles. The Labute approximate surface area is 242 Å². The van der Waals surface area contributed by atoms with Crippen LogP contribution in [-0.4, -0.2) is 36.9 Å². The van der Waals surface area contributed by atoms with Gasteiger partial charge in [0.25, 0.3) is 0 Å². The fourth-order valence-electron chi connectivity index (χ4n) is 0.122. The first kappa shape index (κ1) is 50.2. The van der Waals surface area contributed by atoms with Crippen LogP contribution in [-0.2, 0) is 13.4 Å². The molecule has 1 N–H and O–H groups in total. The standard InChI is InChI=1S/Mg.5Na.H4O7P2.HO4Si/c;;;;;;1-8(2,3)7-9(4,5)6;1-5(2,3)4/h;;;;;;(H2,1,2,3)(H2,4,5,6);1H/q+2;5*+1;;-3/p-4. The average Bonchev–Trinajstić information content (AvgIpc) is 1.42. The molecule has 11 nitrogen and oxygen atoms in total. The van der Waals surface area contributed by atoms with Crippen molar-refractivity contribution in [2.24, 2.45) is 0 Å². The molecule has 0 radical (unpaired) electrons. The van der Waals surface area contributed by atoms with Crippen molar-refractivity contribution in [2.45, 2.75) is 0 Å². The molecule has 20 heavy (non-hydrogen) atoms. The summed E-state index contributed by atoms with van der Waals surface area (Å²) in [6, 6.07) is 0. The minimum atomic E-state index is -5.68. The molecule has 0 saturated heterocycles. The summed E-state index contributed by atoms with van der Waals surface area (Å²) in [6.07, 6.45) is 0. The van der Waals surface area contributed by atoms with E-state index in [9.17, 15) is 28.7 Å². The van der Waals surface area contributed by atoms with Crippen LogP contribution in [0.3, 0.4) is 0 Å². The molecule has 88 valence electrons. The Kier molecular flexibility index (Phi) is 58.0. The van der Waals surface area contributed by atoms with Gasteiger partial charge in [0, 0.05) is 0 Å². The van der Waals surface area contributed by atoms with Crippen molar-refractivity contribution < 1.29 is 200 Å². The van der Waals surface area contributed by atoms with E-state index in [0.717, 1.165) is 0 Å². The van der Waals surface area contributed by atoms with E-state index in [-0.39, 0.29) is 171 Å². The van der Waals surface area contributed by atoms with E-state index in [0.29, 0.717) is 0 Å². The molecule has 0 unspecified atom stereocenters. The molecule has 0 aromatic heterocycles. The van der Waals surface area contributed by atoms with Crippen molar-refractivity contribution in [3.05, 3.63) is 0 Å². The van der Waals surface area contributed by atoms with Crippen molar-refractivity contribution in [2.75, 3.05) is 0 Å². The number of hydrogen-bond donors (Lipinski definition) is 1. The van der Waals surface area contributed by atoms with Gasteiger partial charge in [-0.1, -0.05) is 0 Å². The third-order valence-corrected chi connectivity index (χ3v) is 1.80. The van der Waals surface area contributed by atoms with E-state index < -0.39 is 24.7 Å².